The highest BCUT2D eigenvalue weighted by molar-refractivity contribution is 5.81. The van der Waals surface area contributed by atoms with Crippen LogP contribution in [0.25, 0.3) is 0 Å². The number of carboxylic acids is 1. The number of hydrogen-bond acceptors (Lipinski definition) is 5. The fourth-order valence-electron chi connectivity index (χ4n) is 3.48. The first-order valence-electron chi connectivity index (χ1n) is 8.95. The average Bonchev–Trinajstić information content (AvgIpc) is 3.08. The quantitative estimate of drug-likeness (QED) is 0.743. The van der Waals surface area contributed by atoms with E-state index in [4.69, 9.17) is 4.74 Å². The number of likely N-dealkylation sites (N-methyl/N-ethyl adjacent to an activating group) is 1. The van der Waals surface area contributed by atoms with E-state index in [1.54, 1.807) is 29.2 Å². The molecule has 8 heteroatoms. The van der Waals surface area contributed by atoms with Gasteiger partial charge in [0.15, 0.2) is 0 Å². The van der Waals surface area contributed by atoms with Crippen LogP contribution < -0.4 is 10.1 Å². The average molecular weight is 362 g/mol. The van der Waals surface area contributed by atoms with Gasteiger partial charge in [0.1, 0.15) is 5.75 Å². The molecule has 2 fully saturated rings. The van der Waals surface area contributed by atoms with Gasteiger partial charge in [-0.2, -0.15) is 0 Å². The molecule has 0 spiro atoms. The number of carboxylic acid groups (broad SMARTS) is 1. The van der Waals surface area contributed by atoms with Gasteiger partial charge < -0.3 is 19.6 Å². The summed E-state index contributed by atoms with van der Waals surface area (Å²) in [4.78, 5) is 30.2. The third-order valence-electron chi connectivity index (χ3n) is 4.96. The Morgan fingerprint density at radius 2 is 1.85 bits per heavy atom. The predicted molar refractivity (Wildman–Crippen MR) is 96.1 cm³/mol. The number of amides is 2. The molecular formula is C18H26N4O4. The van der Waals surface area contributed by atoms with Gasteiger partial charge in [-0.05, 0) is 32.1 Å². The van der Waals surface area contributed by atoms with Gasteiger partial charge in [0.25, 0.3) is 6.23 Å². The number of benzene rings is 1. The molecule has 142 valence electrons. The second-order valence-corrected chi connectivity index (χ2v) is 6.83. The lowest BCUT2D eigenvalue weighted by atomic mass is 10.2. The molecule has 26 heavy (non-hydrogen) atoms. The lowest BCUT2D eigenvalue weighted by molar-refractivity contribution is -0.146. The Morgan fingerprint density at radius 3 is 2.42 bits per heavy atom. The molecule has 1 aromatic carbocycles. The summed E-state index contributed by atoms with van der Waals surface area (Å²) in [6.45, 7) is 4.97. The number of para-hydroxylation sites is 1. The van der Waals surface area contributed by atoms with Crippen LogP contribution in [0, 0.1) is 0 Å². The van der Waals surface area contributed by atoms with Gasteiger partial charge >= 0.3 is 12.0 Å². The maximum absolute atomic E-state index is 12.4. The van der Waals surface area contributed by atoms with Crippen LogP contribution in [0.2, 0.25) is 0 Å². The van der Waals surface area contributed by atoms with E-state index in [9.17, 15) is 14.7 Å². The molecule has 2 unspecified atom stereocenters. The van der Waals surface area contributed by atoms with Gasteiger partial charge in [-0.25, -0.2) is 9.59 Å². The summed E-state index contributed by atoms with van der Waals surface area (Å²) in [6.07, 6.45) is -0.249. The van der Waals surface area contributed by atoms with E-state index in [1.807, 2.05) is 6.07 Å². The number of aliphatic carboxylic acids is 1. The minimum absolute atomic E-state index is 0.398. The molecule has 2 amide bonds. The van der Waals surface area contributed by atoms with Crippen molar-refractivity contribution in [2.75, 3.05) is 46.3 Å². The summed E-state index contributed by atoms with van der Waals surface area (Å²) in [5.74, 6) is -0.829. The van der Waals surface area contributed by atoms with Crippen molar-refractivity contribution in [3.63, 3.8) is 0 Å². The fourth-order valence-corrected chi connectivity index (χ4v) is 3.48. The van der Waals surface area contributed by atoms with E-state index in [1.165, 1.54) is 0 Å². The van der Waals surface area contributed by atoms with Gasteiger partial charge in [-0.3, -0.25) is 10.2 Å². The molecule has 0 aromatic heterocycles. The van der Waals surface area contributed by atoms with Gasteiger partial charge in [-0.15, -0.1) is 0 Å². The molecule has 0 bridgehead atoms. The molecule has 2 aliphatic rings. The first-order valence-corrected chi connectivity index (χ1v) is 8.95. The molecule has 1 aromatic rings. The molecule has 2 atom stereocenters. The number of ether oxygens (including phenoxy) is 1. The molecule has 0 radical (unpaired) electrons. The molecule has 0 saturated carbocycles. The van der Waals surface area contributed by atoms with Crippen molar-refractivity contribution in [2.45, 2.75) is 18.7 Å². The smallest absolute Gasteiger partial charge is 0.366 e. The number of carbonyl (C=O) groups excluding carboxylic acids is 1. The SMILES string of the molecule is CN1CCC(N2CCN(C(=O)NC(Oc3ccccc3)C(=O)O)CC2)C1. The molecule has 0 aliphatic carbocycles. The Bertz CT molecular complexity index is 619. The van der Waals surface area contributed by atoms with E-state index in [-0.39, 0.29) is 0 Å². The number of piperazine rings is 1. The molecule has 8 nitrogen and oxygen atoms in total. The van der Waals surface area contributed by atoms with Crippen molar-refractivity contribution >= 4 is 12.0 Å². The predicted octanol–water partition coefficient (Wildman–Crippen LogP) is 0.507. The van der Waals surface area contributed by atoms with Crippen LogP contribution in [-0.2, 0) is 4.79 Å². The Balaban J connectivity index is 1.50. The molecular weight excluding hydrogens is 336 g/mol. The lowest BCUT2D eigenvalue weighted by Crippen LogP contribution is -2.57. The second kappa shape index (κ2) is 8.37. The van der Waals surface area contributed by atoms with Crippen molar-refractivity contribution in [2.24, 2.45) is 0 Å². The Hall–Kier alpha value is -2.32. The Labute approximate surface area is 153 Å². The van der Waals surface area contributed by atoms with Crippen molar-refractivity contribution in [3.05, 3.63) is 30.3 Å². The molecule has 3 rings (SSSR count). The zero-order valence-electron chi connectivity index (χ0n) is 15.0. The van der Waals surface area contributed by atoms with Crippen molar-refractivity contribution in [1.82, 2.24) is 20.0 Å². The number of rotatable bonds is 5. The summed E-state index contributed by atoms with van der Waals surface area (Å²) < 4.78 is 5.38. The van der Waals surface area contributed by atoms with Crippen LogP contribution in [0.1, 0.15) is 6.42 Å². The number of urea groups is 1. The summed E-state index contributed by atoms with van der Waals surface area (Å²) in [6, 6.07) is 8.75. The Kier molecular flexibility index (Phi) is 5.95. The zero-order chi connectivity index (χ0) is 18.5. The Morgan fingerprint density at radius 1 is 1.15 bits per heavy atom. The third kappa shape index (κ3) is 4.64. The topological polar surface area (TPSA) is 85.4 Å². The van der Waals surface area contributed by atoms with Crippen molar-refractivity contribution in [3.8, 4) is 5.75 Å². The summed E-state index contributed by atoms with van der Waals surface area (Å²) in [5, 5.41) is 11.8. The zero-order valence-corrected chi connectivity index (χ0v) is 15.0. The maximum Gasteiger partial charge on any atom is 0.366 e. The number of nitrogens with one attached hydrogen (secondary N) is 1. The highest BCUT2D eigenvalue weighted by atomic mass is 16.5. The van der Waals surface area contributed by atoms with Crippen LogP contribution in [-0.4, -0.2) is 90.4 Å². The van der Waals surface area contributed by atoms with Crippen LogP contribution in [0.15, 0.2) is 30.3 Å². The van der Waals surface area contributed by atoms with E-state index >= 15 is 0 Å². The molecule has 2 aliphatic heterocycles. The third-order valence-corrected chi connectivity index (χ3v) is 4.96. The molecule has 2 heterocycles. The molecule has 2 saturated heterocycles. The minimum Gasteiger partial charge on any atom is -0.477 e. The number of likely N-dealkylation sites (tertiary alicyclic amines) is 1. The highest BCUT2D eigenvalue weighted by Crippen LogP contribution is 2.16. The van der Waals surface area contributed by atoms with E-state index < -0.39 is 18.2 Å². The first-order chi connectivity index (χ1) is 12.5. The first kappa shape index (κ1) is 18.5. The van der Waals surface area contributed by atoms with Gasteiger partial charge in [-0.1, -0.05) is 18.2 Å². The highest BCUT2D eigenvalue weighted by Gasteiger charge is 2.31. The van der Waals surface area contributed by atoms with Crippen LogP contribution >= 0.6 is 0 Å². The fraction of sp³-hybridized carbons (Fsp3) is 0.556. The maximum atomic E-state index is 12.4. The minimum atomic E-state index is -1.41. The normalized spacial score (nSPS) is 22.8. The van der Waals surface area contributed by atoms with Crippen molar-refractivity contribution < 1.29 is 19.4 Å². The number of carbonyl (C=O) groups is 2. The van der Waals surface area contributed by atoms with E-state index in [0.717, 1.165) is 32.6 Å². The molecule has 2 N–H and O–H groups in total. The van der Waals surface area contributed by atoms with E-state index in [0.29, 0.717) is 24.9 Å². The lowest BCUT2D eigenvalue weighted by Gasteiger charge is -2.38. The van der Waals surface area contributed by atoms with Crippen LogP contribution in [0.3, 0.4) is 0 Å². The summed E-state index contributed by atoms with van der Waals surface area (Å²) >= 11 is 0. The van der Waals surface area contributed by atoms with Gasteiger partial charge in [0.05, 0.1) is 0 Å². The van der Waals surface area contributed by atoms with Crippen LogP contribution in [0.5, 0.6) is 5.75 Å². The summed E-state index contributed by atoms with van der Waals surface area (Å²) in [7, 11) is 2.13. The van der Waals surface area contributed by atoms with Gasteiger partial charge in [0, 0.05) is 38.8 Å². The van der Waals surface area contributed by atoms with Gasteiger partial charge in [0.2, 0.25) is 0 Å². The van der Waals surface area contributed by atoms with E-state index in [2.05, 4.69) is 22.2 Å². The van der Waals surface area contributed by atoms with Crippen LogP contribution in [0.4, 0.5) is 4.79 Å². The van der Waals surface area contributed by atoms with Crippen molar-refractivity contribution in [1.29, 1.82) is 0 Å². The number of hydrogen-bond donors (Lipinski definition) is 2. The summed E-state index contributed by atoms with van der Waals surface area (Å²) in [5.41, 5.74) is 0. The second-order valence-electron chi connectivity index (χ2n) is 6.83. The number of nitrogens with zero attached hydrogens (tertiary/aromatic N) is 3. The monoisotopic (exact) mass is 362 g/mol. The largest absolute Gasteiger partial charge is 0.477 e. The standard InChI is InChI=1S/C18H26N4O4/c1-20-8-7-14(13-20)21-9-11-22(12-10-21)18(25)19-16(17(23)24)26-15-5-3-2-4-6-15/h2-6,14,16H,7-13H2,1H3,(H,19,25)(H,23,24).